The van der Waals surface area contributed by atoms with E-state index in [0.717, 1.165) is 31.0 Å². The van der Waals surface area contributed by atoms with Gasteiger partial charge < -0.3 is 9.88 Å². The summed E-state index contributed by atoms with van der Waals surface area (Å²) < 4.78 is 5.21. The van der Waals surface area contributed by atoms with Gasteiger partial charge in [-0.05, 0) is 22.4 Å². The van der Waals surface area contributed by atoms with E-state index in [0.29, 0.717) is 15.6 Å². The molecular weight excluding hydrogens is 392 g/mol. The Morgan fingerprint density at radius 3 is 3.08 bits per heavy atom. The Morgan fingerprint density at radius 1 is 1.40 bits per heavy atom. The molecule has 4 heterocycles. The normalized spacial score (nSPS) is 13.4. The maximum Gasteiger partial charge on any atom is 0.266 e. The first kappa shape index (κ1) is 15.9. The molecule has 0 bridgehead atoms. The Morgan fingerprint density at radius 2 is 2.24 bits per heavy atom. The summed E-state index contributed by atoms with van der Waals surface area (Å²) in [6.45, 7) is 1.04. The third-order valence-corrected chi connectivity index (χ3v) is 4.77. The number of aromatic nitrogens is 7. The van der Waals surface area contributed by atoms with Crippen molar-refractivity contribution in [3.63, 3.8) is 0 Å². The predicted octanol–water partition coefficient (Wildman–Crippen LogP) is -0.253. The number of nitrogens with one attached hydrogen (secondary N) is 1. The van der Waals surface area contributed by atoms with Crippen LogP contribution >= 0.6 is 15.9 Å². The molecular formula is C14H15BrN8O2. The summed E-state index contributed by atoms with van der Waals surface area (Å²) in [7, 11) is 1.70. The van der Waals surface area contributed by atoms with Gasteiger partial charge in [-0.2, -0.15) is 5.10 Å². The molecule has 11 heteroatoms. The van der Waals surface area contributed by atoms with E-state index in [1.807, 2.05) is 4.57 Å². The zero-order valence-corrected chi connectivity index (χ0v) is 15.0. The number of nitrogens with zero attached hydrogens (tertiary/aromatic N) is 7. The van der Waals surface area contributed by atoms with Crippen LogP contribution in [0.25, 0.3) is 11.0 Å². The van der Waals surface area contributed by atoms with Crippen molar-refractivity contribution in [3.05, 3.63) is 32.9 Å². The van der Waals surface area contributed by atoms with E-state index >= 15 is 0 Å². The van der Waals surface area contributed by atoms with Crippen molar-refractivity contribution in [2.24, 2.45) is 7.05 Å². The van der Waals surface area contributed by atoms with Crippen LogP contribution in [0.2, 0.25) is 0 Å². The Bertz CT molecular complexity index is 1030. The van der Waals surface area contributed by atoms with Gasteiger partial charge in [-0.3, -0.25) is 14.2 Å². The molecule has 25 heavy (non-hydrogen) atoms. The highest BCUT2D eigenvalue weighted by Crippen LogP contribution is 2.16. The molecule has 0 saturated carbocycles. The summed E-state index contributed by atoms with van der Waals surface area (Å²) in [6.07, 6.45) is 3.32. The van der Waals surface area contributed by atoms with E-state index < -0.39 is 0 Å². The molecule has 0 spiro atoms. The molecule has 3 aromatic heterocycles. The van der Waals surface area contributed by atoms with E-state index in [2.05, 4.69) is 41.5 Å². The second-order valence-electron chi connectivity index (χ2n) is 5.86. The lowest BCUT2D eigenvalue weighted by molar-refractivity contribution is -0.121. The molecule has 0 unspecified atom stereocenters. The highest BCUT2D eigenvalue weighted by molar-refractivity contribution is 9.10. The third kappa shape index (κ3) is 2.73. The van der Waals surface area contributed by atoms with Crippen LogP contribution in [0.4, 0.5) is 0 Å². The van der Waals surface area contributed by atoms with Crippen LogP contribution in [-0.2, 0) is 37.9 Å². The molecule has 0 saturated heterocycles. The first-order valence-corrected chi connectivity index (χ1v) is 8.59. The van der Waals surface area contributed by atoms with Gasteiger partial charge in [-0.1, -0.05) is 0 Å². The quantitative estimate of drug-likeness (QED) is 0.638. The maximum absolute atomic E-state index is 12.5. The predicted molar refractivity (Wildman–Crippen MR) is 90.7 cm³/mol. The van der Waals surface area contributed by atoms with Gasteiger partial charge in [0, 0.05) is 20.0 Å². The lowest BCUT2D eigenvalue weighted by Crippen LogP contribution is -2.32. The number of hydrogen-bond acceptors (Lipinski definition) is 6. The molecule has 0 atom stereocenters. The SMILES string of the molecule is Cn1nc(Br)c2c(=O)n(CC(=O)NCc3nnc4n3CCC4)cnc21. The van der Waals surface area contributed by atoms with Gasteiger partial charge in [0.2, 0.25) is 5.91 Å². The van der Waals surface area contributed by atoms with Crippen LogP contribution in [0.3, 0.4) is 0 Å². The fourth-order valence-corrected chi connectivity index (χ4v) is 3.56. The topological polar surface area (TPSA) is 113 Å². The molecule has 0 fully saturated rings. The number of fused-ring (bicyclic) bond motifs is 2. The Kier molecular flexibility index (Phi) is 3.86. The van der Waals surface area contributed by atoms with Crippen molar-refractivity contribution in [3.8, 4) is 0 Å². The van der Waals surface area contributed by atoms with Crippen molar-refractivity contribution < 1.29 is 4.79 Å². The smallest absolute Gasteiger partial charge is 0.266 e. The van der Waals surface area contributed by atoms with E-state index in [4.69, 9.17) is 0 Å². The zero-order chi connectivity index (χ0) is 17.6. The van der Waals surface area contributed by atoms with Gasteiger partial charge >= 0.3 is 0 Å². The average Bonchev–Trinajstić information content (AvgIpc) is 3.24. The molecule has 0 aliphatic carbocycles. The number of rotatable bonds is 4. The summed E-state index contributed by atoms with van der Waals surface area (Å²) in [5.41, 5.74) is 0.149. The fraction of sp³-hybridized carbons (Fsp3) is 0.429. The molecule has 4 rings (SSSR count). The number of carbonyl (C=O) groups is 1. The van der Waals surface area contributed by atoms with E-state index in [1.54, 1.807) is 7.05 Å². The zero-order valence-electron chi connectivity index (χ0n) is 13.4. The lowest BCUT2D eigenvalue weighted by Gasteiger charge is -2.07. The highest BCUT2D eigenvalue weighted by Gasteiger charge is 2.18. The first-order valence-electron chi connectivity index (χ1n) is 7.80. The maximum atomic E-state index is 12.5. The van der Waals surface area contributed by atoms with Gasteiger partial charge in [0.15, 0.2) is 11.5 Å². The van der Waals surface area contributed by atoms with Gasteiger partial charge in [0.05, 0.1) is 6.54 Å². The molecule has 10 nitrogen and oxygen atoms in total. The number of carbonyl (C=O) groups excluding carboxylic acids is 1. The molecule has 3 aromatic rings. The minimum Gasteiger partial charge on any atom is -0.347 e. The summed E-state index contributed by atoms with van der Waals surface area (Å²) in [4.78, 5) is 28.9. The molecule has 130 valence electrons. The van der Waals surface area contributed by atoms with E-state index in [9.17, 15) is 9.59 Å². The molecule has 0 aromatic carbocycles. The van der Waals surface area contributed by atoms with Crippen molar-refractivity contribution in [1.82, 2.24) is 39.4 Å². The molecule has 1 amide bonds. The number of aryl methyl sites for hydroxylation is 2. The largest absolute Gasteiger partial charge is 0.347 e. The standard InChI is InChI=1S/C14H15BrN8O2/c1-21-13-11(12(15)20-21)14(25)22(7-17-13)6-10(24)16-5-9-19-18-8-3-2-4-23(8)9/h7H,2-6H2,1H3,(H,16,24). The number of halogens is 1. The van der Waals surface area contributed by atoms with Gasteiger partial charge in [0.25, 0.3) is 5.56 Å². The minimum absolute atomic E-state index is 0.121. The first-order chi connectivity index (χ1) is 12.0. The van der Waals surface area contributed by atoms with Gasteiger partial charge in [0.1, 0.15) is 28.7 Å². The fourth-order valence-electron chi connectivity index (χ4n) is 2.98. The molecule has 1 aliphatic heterocycles. The summed E-state index contributed by atoms with van der Waals surface area (Å²) >= 11 is 3.25. The van der Waals surface area contributed by atoms with Crippen molar-refractivity contribution >= 4 is 32.9 Å². The van der Waals surface area contributed by atoms with Crippen molar-refractivity contribution in [1.29, 1.82) is 0 Å². The summed E-state index contributed by atoms with van der Waals surface area (Å²) in [6, 6.07) is 0. The van der Waals surface area contributed by atoms with Crippen LogP contribution in [0, 0.1) is 0 Å². The van der Waals surface area contributed by atoms with E-state index in [-0.39, 0.29) is 24.6 Å². The molecule has 1 aliphatic rings. The van der Waals surface area contributed by atoms with Crippen molar-refractivity contribution in [2.45, 2.75) is 32.5 Å². The summed E-state index contributed by atoms with van der Waals surface area (Å²) in [5, 5.41) is 15.4. The van der Waals surface area contributed by atoms with Gasteiger partial charge in [-0.25, -0.2) is 9.67 Å². The molecule has 1 N–H and O–H groups in total. The van der Waals surface area contributed by atoms with Crippen LogP contribution in [0.15, 0.2) is 15.7 Å². The average molecular weight is 407 g/mol. The van der Waals surface area contributed by atoms with Crippen LogP contribution in [0.1, 0.15) is 18.1 Å². The number of amides is 1. The van der Waals surface area contributed by atoms with E-state index in [1.165, 1.54) is 15.6 Å². The Balaban J connectivity index is 1.49. The minimum atomic E-state index is -0.316. The van der Waals surface area contributed by atoms with Gasteiger partial charge in [-0.15, -0.1) is 10.2 Å². The molecule has 0 radical (unpaired) electrons. The van der Waals surface area contributed by atoms with Crippen LogP contribution < -0.4 is 10.9 Å². The lowest BCUT2D eigenvalue weighted by atomic mass is 10.4. The van der Waals surface area contributed by atoms with Crippen LogP contribution in [0.5, 0.6) is 0 Å². The second-order valence-corrected chi connectivity index (χ2v) is 6.61. The summed E-state index contributed by atoms with van der Waals surface area (Å²) in [5.74, 6) is 1.40. The second kappa shape index (κ2) is 6.06. The monoisotopic (exact) mass is 406 g/mol. The van der Waals surface area contributed by atoms with Crippen LogP contribution in [-0.4, -0.2) is 40.0 Å². The van der Waals surface area contributed by atoms with Crippen molar-refractivity contribution in [2.75, 3.05) is 0 Å². The Hall–Kier alpha value is -2.56. The number of hydrogen-bond donors (Lipinski definition) is 1. The third-order valence-electron chi connectivity index (χ3n) is 4.21. The highest BCUT2D eigenvalue weighted by atomic mass is 79.9. The Labute approximate surface area is 150 Å².